The average Bonchev–Trinajstić information content (AvgIpc) is 2.81. The summed E-state index contributed by atoms with van der Waals surface area (Å²) in [6.07, 6.45) is 10.5. The summed E-state index contributed by atoms with van der Waals surface area (Å²) in [7, 11) is 0. The Morgan fingerprint density at radius 3 is 2.42 bits per heavy atom. The maximum Gasteiger partial charge on any atom is 0.221 e. The second kappa shape index (κ2) is 10.3. The Morgan fingerprint density at radius 2 is 1.77 bits per heavy atom. The Balaban J connectivity index is 1.38. The zero-order valence-electron chi connectivity index (χ0n) is 18.6. The zero-order valence-corrected chi connectivity index (χ0v) is 18.6. The molecule has 0 aliphatic carbocycles. The van der Waals surface area contributed by atoms with Gasteiger partial charge in [-0.1, -0.05) is 54.6 Å². The lowest BCUT2D eigenvalue weighted by Gasteiger charge is -2.47. The second-order valence-corrected chi connectivity index (χ2v) is 9.03. The van der Waals surface area contributed by atoms with Gasteiger partial charge in [0, 0.05) is 19.2 Å². The van der Waals surface area contributed by atoms with Gasteiger partial charge in [-0.2, -0.15) is 0 Å². The van der Waals surface area contributed by atoms with Crippen LogP contribution in [0.15, 0.2) is 66.7 Å². The molecule has 1 saturated heterocycles. The standard InChI is InChI=1S/C27H34N2O2/c1-22(30)28-25-12-10-24(11-13-25)21-29-18-16-27(17-19-29,26-9-5-6-20-31-26)15-14-23-7-3-2-4-8-23/h2-8,10-13,26H,9,14-21H2,1H3,(H,28,30). The second-order valence-electron chi connectivity index (χ2n) is 9.03. The topological polar surface area (TPSA) is 41.6 Å². The SMILES string of the molecule is CC(=O)Nc1ccc(CN2CCC(CCc3ccccc3)(C3CC=CCO3)CC2)cc1. The van der Waals surface area contributed by atoms with E-state index in [1.54, 1.807) is 0 Å². The molecule has 2 aliphatic heterocycles. The number of piperidine rings is 1. The van der Waals surface area contributed by atoms with Gasteiger partial charge >= 0.3 is 0 Å². The minimum absolute atomic E-state index is 0.0320. The van der Waals surface area contributed by atoms with Crippen LogP contribution in [-0.2, 0) is 22.5 Å². The number of carbonyl (C=O) groups excluding carboxylic acids is 1. The molecule has 4 heteroatoms. The van der Waals surface area contributed by atoms with Crippen LogP contribution in [0.1, 0.15) is 43.7 Å². The van der Waals surface area contributed by atoms with Crippen molar-refractivity contribution in [2.24, 2.45) is 5.41 Å². The van der Waals surface area contributed by atoms with Crippen molar-refractivity contribution in [3.05, 3.63) is 77.9 Å². The molecular formula is C27H34N2O2. The predicted molar refractivity (Wildman–Crippen MR) is 126 cm³/mol. The molecule has 0 aromatic heterocycles. The average molecular weight is 419 g/mol. The lowest BCUT2D eigenvalue weighted by atomic mass is 9.68. The number of aryl methyl sites for hydroxylation is 1. The van der Waals surface area contributed by atoms with Gasteiger partial charge < -0.3 is 10.1 Å². The van der Waals surface area contributed by atoms with Crippen molar-refractivity contribution in [1.82, 2.24) is 4.90 Å². The molecule has 1 amide bonds. The summed E-state index contributed by atoms with van der Waals surface area (Å²) in [5, 5.41) is 2.84. The molecule has 2 aromatic carbocycles. The molecule has 4 rings (SSSR count). The number of amides is 1. The van der Waals surface area contributed by atoms with E-state index in [2.05, 4.69) is 64.8 Å². The Bertz CT molecular complexity index is 868. The van der Waals surface area contributed by atoms with E-state index < -0.39 is 0 Å². The Hall–Kier alpha value is -2.43. The third-order valence-corrected chi connectivity index (χ3v) is 6.88. The van der Waals surface area contributed by atoms with Crippen LogP contribution in [0.5, 0.6) is 0 Å². The number of carbonyl (C=O) groups is 1. The maximum absolute atomic E-state index is 11.2. The fourth-order valence-corrected chi connectivity index (χ4v) is 5.04. The summed E-state index contributed by atoms with van der Waals surface area (Å²) >= 11 is 0. The largest absolute Gasteiger partial charge is 0.373 e. The molecule has 164 valence electrons. The van der Waals surface area contributed by atoms with Gasteiger partial charge in [0.25, 0.3) is 0 Å². The van der Waals surface area contributed by atoms with Gasteiger partial charge in [0.1, 0.15) is 0 Å². The number of ether oxygens (including phenoxy) is 1. The van der Waals surface area contributed by atoms with E-state index in [1.165, 1.54) is 37.3 Å². The fourth-order valence-electron chi connectivity index (χ4n) is 5.04. The van der Waals surface area contributed by atoms with E-state index in [-0.39, 0.29) is 11.3 Å². The molecule has 0 bridgehead atoms. The van der Waals surface area contributed by atoms with Crippen LogP contribution in [0.4, 0.5) is 5.69 Å². The van der Waals surface area contributed by atoms with Gasteiger partial charge in [-0.25, -0.2) is 0 Å². The summed E-state index contributed by atoms with van der Waals surface area (Å²) in [5.41, 5.74) is 3.83. The van der Waals surface area contributed by atoms with E-state index in [9.17, 15) is 4.79 Å². The highest BCUT2D eigenvalue weighted by atomic mass is 16.5. The highest BCUT2D eigenvalue weighted by Gasteiger charge is 2.41. The molecule has 0 saturated carbocycles. The van der Waals surface area contributed by atoms with Crippen molar-refractivity contribution < 1.29 is 9.53 Å². The van der Waals surface area contributed by atoms with Gasteiger partial charge in [0.15, 0.2) is 0 Å². The maximum atomic E-state index is 11.2. The summed E-state index contributed by atoms with van der Waals surface area (Å²) in [6, 6.07) is 19.1. The number of hydrogen-bond acceptors (Lipinski definition) is 3. The van der Waals surface area contributed by atoms with Crippen LogP contribution in [0.2, 0.25) is 0 Å². The molecular weight excluding hydrogens is 384 g/mol. The summed E-state index contributed by atoms with van der Waals surface area (Å²) < 4.78 is 6.27. The van der Waals surface area contributed by atoms with Crippen molar-refractivity contribution in [3.63, 3.8) is 0 Å². The molecule has 1 unspecified atom stereocenters. The predicted octanol–water partition coefficient (Wildman–Crippen LogP) is 5.21. The van der Waals surface area contributed by atoms with Crippen LogP contribution in [0.25, 0.3) is 0 Å². The molecule has 31 heavy (non-hydrogen) atoms. The smallest absolute Gasteiger partial charge is 0.221 e. The first-order chi connectivity index (χ1) is 15.1. The third kappa shape index (κ3) is 5.84. The number of benzene rings is 2. The van der Waals surface area contributed by atoms with Crippen LogP contribution in [0, 0.1) is 5.41 Å². The van der Waals surface area contributed by atoms with E-state index >= 15 is 0 Å². The Morgan fingerprint density at radius 1 is 1.03 bits per heavy atom. The lowest BCUT2D eigenvalue weighted by Crippen LogP contribution is -2.47. The van der Waals surface area contributed by atoms with Crippen molar-refractivity contribution >= 4 is 11.6 Å². The quantitative estimate of drug-likeness (QED) is 0.628. The highest BCUT2D eigenvalue weighted by Crippen LogP contribution is 2.43. The lowest BCUT2D eigenvalue weighted by molar-refractivity contribution is -0.114. The molecule has 0 radical (unpaired) electrons. The molecule has 1 fully saturated rings. The van der Waals surface area contributed by atoms with Gasteiger partial charge in [0.05, 0.1) is 12.7 Å². The molecule has 4 nitrogen and oxygen atoms in total. The first kappa shape index (κ1) is 21.8. The molecule has 1 N–H and O–H groups in total. The van der Waals surface area contributed by atoms with Crippen molar-refractivity contribution in [3.8, 4) is 0 Å². The first-order valence-electron chi connectivity index (χ1n) is 11.5. The number of hydrogen-bond donors (Lipinski definition) is 1. The van der Waals surface area contributed by atoms with Crippen molar-refractivity contribution in [1.29, 1.82) is 0 Å². The van der Waals surface area contributed by atoms with Crippen LogP contribution < -0.4 is 5.32 Å². The monoisotopic (exact) mass is 418 g/mol. The number of nitrogens with one attached hydrogen (secondary N) is 1. The molecule has 2 aromatic rings. The van der Waals surface area contributed by atoms with Gasteiger partial charge in [0.2, 0.25) is 5.91 Å². The Labute approximate surface area is 186 Å². The van der Waals surface area contributed by atoms with Gasteiger partial charge in [-0.3, -0.25) is 9.69 Å². The molecule has 0 spiro atoms. The minimum atomic E-state index is -0.0320. The van der Waals surface area contributed by atoms with Crippen molar-refractivity contribution in [2.45, 2.75) is 51.7 Å². The zero-order chi connectivity index (χ0) is 21.5. The van der Waals surface area contributed by atoms with E-state index in [1.807, 2.05) is 12.1 Å². The normalized spacial score (nSPS) is 21.0. The van der Waals surface area contributed by atoms with E-state index in [4.69, 9.17) is 4.74 Å². The Kier molecular flexibility index (Phi) is 7.21. The fraction of sp³-hybridized carbons (Fsp3) is 0.444. The van der Waals surface area contributed by atoms with E-state index in [0.29, 0.717) is 6.10 Å². The van der Waals surface area contributed by atoms with Gasteiger partial charge in [-0.15, -0.1) is 0 Å². The molecule has 1 atom stereocenters. The minimum Gasteiger partial charge on any atom is -0.373 e. The molecule has 2 aliphatic rings. The van der Waals surface area contributed by atoms with E-state index in [0.717, 1.165) is 44.8 Å². The summed E-state index contributed by atoms with van der Waals surface area (Å²) in [4.78, 5) is 13.8. The molecule has 2 heterocycles. The number of rotatable bonds is 7. The van der Waals surface area contributed by atoms with Crippen LogP contribution in [-0.4, -0.2) is 36.6 Å². The van der Waals surface area contributed by atoms with Crippen LogP contribution in [0.3, 0.4) is 0 Å². The highest BCUT2D eigenvalue weighted by molar-refractivity contribution is 5.88. The van der Waals surface area contributed by atoms with Gasteiger partial charge in [-0.05, 0) is 73.9 Å². The summed E-state index contributed by atoms with van der Waals surface area (Å²) in [6.45, 7) is 5.46. The third-order valence-electron chi connectivity index (χ3n) is 6.88. The number of likely N-dealkylation sites (tertiary alicyclic amines) is 1. The van der Waals surface area contributed by atoms with Crippen LogP contribution >= 0.6 is 0 Å². The number of nitrogens with zero attached hydrogens (tertiary/aromatic N) is 1. The summed E-state index contributed by atoms with van der Waals surface area (Å²) in [5.74, 6) is -0.0320. The number of anilines is 1. The van der Waals surface area contributed by atoms with Crippen molar-refractivity contribution in [2.75, 3.05) is 25.0 Å². The first-order valence-corrected chi connectivity index (χ1v) is 11.5.